The largest absolute Gasteiger partial charge is 0.481 e. The molecule has 1 rings (SSSR count). The third kappa shape index (κ3) is 2.73. The maximum Gasteiger partial charge on any atom is 0.311 e. The average Bonchev–Trinajstić information content (AvgIpc) is 2.08. The lowest BCUT2D eigenvalue weighted by Gasteiger charge is -2.28. The van der Waals surface area contributed by atoms with E-state index in [-0.39, 0.29) is 5.02 Å². The van der Waals surface area contributed by atoms with Gasteiger partial charge in [0.25, 0.3) is 0 Å². The van der Waals surface area contributed by atoms with Crippen LogP contribution < -0.4 is 0 Å². The van der Waals surface area contributed by atoms with Crippen LogP contribution in [0.4, 0.5) is 4.39 Å². The van der Waals surface area contributed by atoms with Crippen molar-refractivity contribution in [1.82, 2.24) is 0 Å². The molecule has 0 amide bonds. The van der Waals surface area contributed by atoms with Gasteiger partial charge in [0.15, 0.2) is 0 Å². The van der Waals surface area contributed by atoms with Crippen molar-refractivity contribution < 1.29 is 14.3 Å². The molecule has 1 aromatic rings. The standard InChI is InChI=1S/C12H14ClFO2/c1-12(2,3)10(11(15)16)8-6-7(14)4-5-9(8)13/h4-6,10H,1-3H3,(H,15,16). The first kappa shape index (κ1) is 13.0. The van der Waals surface area contributed by atoms with Gasteiger partial charge in [0, 0.05) is 5.02 Å². The van der Waals surface area contributed by atoms with Crippen LogP contribution in [0.25, 0.3) is 0 Å². The summed E-state index contributed by atoms with van der Waals surface area (Å²) in [5.41, 5.74) is -0.204. The Balaban J connectivity index is 3.32. The van der Waals surface area contributed by atoms with Crippen LogP contribution >= 0.6 is 11.6 Å². The van der Waals surface area contributed by atoms with E-state index in [0.717, 1.165) is 0 Å². The lowest BCUT2D eigenvalue weighted by molar-refractivity contribution is -0.141. The normalized spacial score (nSPS) is 13.6. The molecule has 4 heteroatoms. The van der Waals surface area contributed by atoms with Crippen molar-refractivity contribution in [2.24, 2.45) is 5.41 Å². The first-order chi connectivity index (χ1) is 7.23. The highest BCUT2D eigenvalue weighted by molar-refractivity contribution is 6.31. The first-order valence-electron chi connectivity index (χ1n) is 4.91. The predicted molar refractivity (Wildman–Crippen MR) is 61.2 cm³/mol. The van der Waals surface area contributed by atoms with Gasteiger partial charge in [-0.25, -0.2) is 4.39 Å². The van der Waals surface area contributed by atoms with Crippen molar-refractivity contribution in [1.29, 1.82) is 0 Å². The maximum absolute atomic E-state index is 13.1. The van der Waals surface area contributed by atoms with E-state index >= 15 is 0 Å². The van der Waals surface area contributed by atoms with E-state index < -0.39 is 23.1 Å². The highest BCUT2D eigenvalue weighted by Gasteiger charge is 2.34. The Hall–Kier alpha value is -1.09. The molecule has 0 radical (unpaired) electrons. The van der Waals surface area contributed by atoms with Crippen LogP contribution in [-0.2, 0) is 4.79 Å². The molecule has 0 saturated heterocycles. The molecule has 0 aromatic heterocycles. The van der Waals surface area contributed by atoms with Crippen LogP contribution in [0, 0.1) is 11.2 Å². The molecule has 0 bridgehead atoms. The molecule has 0 spiro atoms. The molecular weight excluding hydrogens is 231 g/mol. The first-order valence-corrected chi connectivity index (χ1v) is 5.29. The molecule has 1 N–H and O–H groups in total. The second kappa shape index (κ2) is 4.42. The van der Waals surface area contributed by atoms with Crippen molar-refractivity contribution >= 4 is 17.6 Å². The van der Waals surface area contributed by atoms with Crippen molar-refractivity contribution in [2.45, 2.75) is 26.7 Å². The highest BCUT2D eigenvalue weighted by Crippen LogP contribution is 2.38. The van der Waals surface area contributed by atoms with Gasteiger partial charge in [-0.15, -0.1) is 0 Å². The zero-order chi connectivity index (χ0) is 12.5. The van der Waals surface area contributed by atoms with Crippen LogP contribution in [0.5, 0.6) is 0 Å². The summed E-state index contributed by atoms with van der Waals surface area (Å²) in [6.07, 6.45) is 0. The van der Waals surface area contributed by atoms with Crippen molar-refractivity contribution in [3.05, 3.63) is 34.6 Å². The Morgan fingerprint density at radius 2 is 2.00 bits per heavy atom. The van der Waals surface area contributed by atoms with E-state index in [2.05, 4.69) is 0 Å². The Kier molecular flexibility index (Phi) is 3.58. The van der Waals surface area contributed by atoms with Gasteiger partial charge in [-0.2, -0.15) is 0 Å². The summed E-state index contributed by atoms with van der Waals surface area (Å²) in [5.74, 6) is -2.30. The van der Waals surface area contributed by atoms with E-state index in [9.17, 15) is 14.3 Å². The molecule has 1 unspecified atom stereocenters. The maximum atomic E-state index is 13.1. The van der Waals surface area contributed by atoms with Crippen LogP contribution in [0.2, 0.25) is 5.02 Å². The molecule has 88 valence electrons. The number of aliphatic carboxylic acids is 1. The van der Waals surface area contributed by atoms with E-state index in [1.165, 1.54) is 18.2 Å². The topological polar surface area (TPSA) is 37.3 Å². The fourth-order valence-electron chi connectivity index (χ4n) is 1.71. The van der Waals surface area contributed by atoms with Gasteiger partial charge < -0.3 is 5.11 Å². The number of carboxylic acid groups (broad SMARTS) is 1. The van der Waals surface area contributed by atoms with E-state index in [1.807, 2.05) is 0 Å². The summed E-state index contributed by atoms with van der Waals surface area (Å²) in [6.45, 7) is 5.35. The second-order valence-electron chi connectivity index (χ2n) is 4.80. The third-order valence-electron chi connectivity index (χ3n) is 2.38. The lowest BCUT2D eigenvalue weighted by atomic mass is 9.76. The van der Waals surface area contributed by atoms with Gasteiger partial charge >= 0.3 is 5.97 Å². The smallest absolute Gasteiger partial charge is 0.311 e. The van der Waals surface area contributed by atoms with Gasteiger partial charge in [-0.1, -0.05) is 32.4 Å². The molecule has 0 aliphatic carbocycles. The van der Waals surface area contributed by atoms with Crippen molar-refractivity contribution in [2.75, 3.05) is 0 Å². The molecule has 1 aromatic carbocycles. The van der Waals surface area contributed by atoms with Gasteiger partial charge in [0.05, 0.1) is 5.92 Å². The molecular formula is C12H14ClFO2. The average molecular weight is 245 g/mol. The third-order valence-corrected chi connectivity index (χ3v) is 2.73. The van der Waals surface area contributed by atoms with Gasteiger partial charge in [0.1, 0.15) is 5.82 Å². The summed E-state index contributed by atoms with van der Waals surface area (Å²) in [4.78, 5) is 11.2. The van der Waals surface area contributed by atoms with Crippen LogP contribution in [0.3, 0.4) is 0 Å². The SMILES string of the molecule is CC(C)(C)C(C(=O)O)c1cc(F)ccc1Cl. The van der Waals surface area contributed by atoms with Gasteiger partial charge in [-0.3, -0.25) is 4.79 Å². The summed E-state index contributed by atoms with van der Waals surface area (Å²) in [5, 5.41) is 9.48. The number of carbonyl (C=O) groups is 1. The van der Waals surface area contributed by atoms with Crippen molar-refractivity contribution in [3.8, 4) is 0 Å². The number of carboxylic acids is 1. The zero-order valence-electron chi connectivity index (χ0n) is 9.42. The second-order valence-corrected chi connectivity index (χ2v) is 5.21. The highest BCUT2D eigenvalue weighted by atomic mass is 35.5. The summed E-state index contributed by atoms with van der Waals surface area (Å²) in [7, 11) is 0. The molecule has 0 aliphatic heterocycles. The van der Waals surface area contributed by atoms with Crippen LogP contribution in [0.15, 0.2) is 18.2 Å². The molecule has 2 nitrogen and oxygen atoms in total. The summed E-state index contributed by atoms with van der Waals surface area (Å²) >= 11 is 5.91. The summed E-state index contributed by atoms with van der Waals surface area (Å²) < 4.78 is 13.1. The molecule has 0 fully saturated rings. The minimum Gasteiger partial charge on any atom is -0.481 e. The Morgan fingerprint density at radius 3 is 2.44 bits per heavy atom. The predicted octanol–water partition coefficient (Wildman–Crippen LogP) is 3.69. The van der Waals surface area contributed by atoms with Gasteiger partial charge in [0.2, 0.25) is 0 Å². The van der Waals surface area contributed by atoms with Crippen molar-refractivity contribution in [3.63, 3.8) is 0 Å². The van der Waals surface area contributed by atoms with E-state index in [4.69, 9.17) is 11.6 Å². The molecule has 0 heterocycles. The monoisotopic (exact) mass is 244 g/mol. The van der Waals surface area contributed by atoms with E-state index in [0.29, 0.717) is 5.56 Å². The number of halogens is 2. The summed E-state index contributed by atoms with van der Waals surface area (Å²) in [6, 6.07) is 3.79. The Bertz CT molecular complexity index is 410. The van der Waals surface area contributed by atoms with Crippen LogP contribution in [-0.4, -0.2) is 11.1 Å². The number of benzene rings is 1. The molecule has 1 atom stereocenters. The minimum atomic E-state index is -1.000. The lowest BCUT2D eigenvalue weighted by Crippen LogP contribution is -2.26. The number of rotatable bonds is 2. The van der Waals surface area contributed by atoms with E-state index in [1.54, 1.807) is 20.8 Å². The van der Waals surface area contributed by atoms with Gasteiger partial charge in [-0.05, 0) is 29.2 Å². The fourth-order valence-corrected chi connectivity index (χ4v) is 1.93. The Labute approximate surface area is 99.0 Å². The Morgan fingerprint density at radius 1 is 1.44 bits per heavy atom. The fraction of sp³-hybridized carbons (Fsp3) is 0.417. The molecule has 0 saturated carbocycles. The zero-order valence-corrected chi connectivity index (χ0v) is 10.2. The molecule has 0 aliphatic rings. The minimum absolute atomic E-state index is 0.281. The molecule has 16 heavy (non-hydrogen) atoms. The number of hydrogen-bond acceptors (Lipinski definition) is 1. The number of hydrogen-bond donors (Lipinski definition) is 1. The van der Waals surface area contributed by atoms with Crippen LogP contribution in [0.1, 0.15) is 32.3 Å². The quantitative estimate of drug-likeness (QED) is 0.861.